The average Bonchev–Trinajstić information content (AvgIpc) is 3.10. The molecule has 5 aromatic carbocycles. The number of rotatable bonds is 14. The number of aryl methyl sites for hydroxylation is 1. The SMILES string of the molecule is COC(=O)c1cc(S(=O)(=O)c2ccc(CCN(Cc3ccccc3)C[C@H](O)c3cccc(Cl)c3)cc2)cc(C)c1OCc1ccccc1. The van der Waals surface area contributed by atoms with Crippen molar-refractivity contribution in [1.82, 2.24) is 4.90 Å². The molecule has 0 aromatic heterocycles. The molecule has 0 bridgehead atoms. The summed E-state index contributed by atoms with van der Waals surface area (Å²) in [5.74, 6) is -0.408. The lowest BCUT2D eigenvalue weighted by atomic mass is 10.1. The van der Waals surface area contributed by atoms with Gasteiger partial charge >= 0.3 is 5.97 Å². The maximum Gasteiger partial charge on any atom is 0.341 e. The van der Waals surface area contributed by atoms with Crippen LogP contribution in [0.3, 0.4) is 0 Å². The van der Waals surface area contributed by atoms with Crippen LogP contribution in [-0.2, 0) is 34.1 Å². The summed E-state index contributed by atoms with van der Waals surface area (Å²) in [5.41, 5.74) is 4.27. The van der Waals surface area contributed by atoms with Crippen LogP contribution in [0.2, 0.25) is 5.02 Å². The number of nitrogens with zero attached hydrogens (tertiary/aromatic N) is 1. The highest BCUT2D eigenvalue weighted by molar-refractivity contribution is 7.91. The van der Waals surface area contributed by atoms with Crippen LogP contribution in [0.5, 0.6) is 5.75 Å². The zero-order chi connectivity index (χ0) is 34.1. The van der Waals surface area contributed by atoms with Gasteiger partial charge < -0.3 is 14.6 Å². The number of esters is 1. The van der Waals surface area contributed by atoms with Crippen molar-refractivity contribution < 1.29 is 27.8 Å². The number of ether oxygens (including phenoxy) is 2. The van der Waals surface area contributed by atoms with E-state index < -0.39 is 21.9 Å². The van der Waals surface area contributed by atoms with Crippen LogP contribution in [0.1, 0.15) is 44.3 Å². The number of methoxy groups -OCH3 is 1. The van der Waals surface area contributed by atoms with E-state index in [-0.39, 0.29) is 27.7 Å². The minimum atomic E-state index is -3.97. The van der Waals surface area contributed by atoms with E-state index in [1.165, 1.54) is 19.2 Å². The number of carbonyl (C=O) groups excluding carboxylic acids is 1. The molecule has 0 aliphatic carbocycles. The van der Waals surface area contributed by atoms with Crippen LogP contribution in [-0.4, -0.2) is 44.6 Å². The third-order valence-electron chi connectivity index (χ3n) is 8.05. The third-order valence-corrected chi connectivity index (χ3v) is 10.0. The van der Waals surface area contributed by atoms with Gasteiger partial charge in [0.1, 0.15) is 17.9 Å². The molecule has 48 heavy (non-hydrogen) atoms. The maximum absolute atomic E-state index is 13.8. The fourth-order valence-electron chi connectivity index (χ4n) is 5.48. The summed E-state index contributed by atoms with van der Waals surface area (Å²) in [5, 5.41) is 11.6. The second-order valence-corrected chi connectivity index (χ2v) is 14.0. The van der Waals surface area contributed by atoms with E-state index >= 15 is 0 Å². The predicted octanol–water partition coefficient (Wildman–Crippen LogP) is 7.63. The van der Waals surface area contributed by atoms with Crippen LogP contribution >= 0.6 is 11.6 Å². The molecule has 0 heterocycles. The zero-order valence-corrected chi connectivity index (χ0v) is 28.5. The molecule has 248 valence electrons. The molecule has 0 aliphatic rings. The van der Waals surface area contributed by atoms with Crippen LogP contribution in [0.25, 0.3) is 0 Å². The van der Waals surface area contributed by atoms with Crippen molar-refractivity contribution in [2.75, 3.05) is 20.2 Å². The topological polar surface area (TPSA) is 93.1 Å². The molecule has 0 spiro atoms. The molecule has 5 aromatic rings. The second-order valence-electron chi connectivity index (χ2n) is 11.6. The van der Waals surface area contributed by atoms with E-state index in [0.29, 0.717) is 36.6 Å². The number of hydrogen-bond acceptors (Lipinski definition) is 7. The van der Waals surface area contributed by atoms with Gasteiger partial charge in [0.25, 0.3) is 0 Å². The number of hydrogen-bond donors (Lipinski definition) is 1. The third kappa shape index (κ3) is 8.90. The summed E-state index contributed by atoms with van der Waals surface area (Å²) < 4.78 is 38.5. The molecule has 0 aliphatic heterocycles. The van der Waals surface area contributed by atoms with Gasteiger partial charge in [-0.05, 0) is 77.6 Å². The lowest BCUT2D eigenvalue weighted by Crippen LogP contribution is -2.30. The number of halogens is 1. The molecule has 0 fully saturated rings. The average molecular weight is 684 g/mol. The van der Waals surface area contributed by atoms with Crippen molar-refractivity contribution in [3.8, 4) is 5.75 Å². The monoisotopic (exact) mass is 683 g/mol. The number of carbonyl (C=O) groups is 1. The highest BCUT2D eigenvalue weighted by Gasteiger charge is 2.25. The Morgan fingerprint density at radius 2 is 1.48 bits per heavy atom. The fraction of sp³-hybridized carbons (Fsp3) is 0.205. The van der Waals surface area contributed by atoms with Gasteiger partial charge in [-0.25, -0.2) is 13.2 Å². The van der Waals surface area contributed by atoms with Gasteiger partial charge in [0.2, 0.25) is 9.84 Å². The van der Waals surface area contributed by atoms with Crippen LogP contribution in [0.4, 0.5) is 0 Å². The molecule has 0 radical (unpaired) electrons. The molecule has 0 saturated carbocycles. The molecule has 1 N–H and O–H groups in total. The lowest BCUT2D eigenvalue weighted by molar-refractivity contribution is 0.0595. The summed E-state index contributed by atoms with van der Waals surface area (Å²) in [6, 6.07) is 36.4. The number of benzene rings is 5. The first kappa shape index (κ1) is 34.9. The van der Waals surface area contributed by atoms with E-state index in [0.717, 1.165) is 22.3 Å². The Balaban J connectivity index is 1.32. The molecule has 0 unspecified atom stereocenters. The fourth-order valence-corrected chi connectivity index (χ4v) is 7.05. The van der Waals surface area contributed by atoms with E-state index in [2.05, 4.69) is 4.90 Å². The Labute approximate surface area is 287 Å². The van der Waals surface area contributed by atoms with E-state index in [4.69, 9.17) is 21.1 Å². The molecule has 0 saturated heterocycles. The number of aliphatic hydroxyl groups excluding tert-OH is 1. The molecule has 5 rings (SSSR count). The van der Waals surface area contributed by atoms with Gasteiger partial charge in [0.15, 0.2) is 0 Å². The molecule has 0 amide bonds. The second kappa shape index (κ2) is 16.1. The van der Waals surface area contributed by atoms with Gasteiger partial charge in [-0.2, -0.15) is 0 Å². The smallest absolute Gasteiger partial charge is 0.341 e. The van der Waals surface area contributed by atoms with Crippen molar-refractivity contribution >= 4 is 27.4 Å². The van der Waals surface area contributed by atoms with E-state index in [1.54, 1.807) is 43.3 Å². The number of aliphatic hydroxyl groups is 1. The quantitative estimate of drug-likeness (QED) is 0.120. The minimum Gasteiger partial charge on any atom is -0.488 e. The van der Waals surface area contributed by atoms with Crippen LogP contribution < -0.4 is 4.74 Å². The Hall–Kier alpha value is -4.47. The van der Waals surface area contributed by atoms with E-state index in [1.807, 2.05) is 72.8 Å². The Morgan fingerprint density at radius 1 is 0.812 bits per heavy atom. The van der Waals surface area contributed by atoms with Crippen molar-refractivity contribution in [3.05, 3.63) is 160 Å². The Bertz CT molecular complexity index is 1930. The van der Waals surface area contributed by atoms with Gasteiger partial charge in [-0.3, -0.25) is 4.90 Å². The van der Waals surface area contributed by atoms with E-state index in [9.17, 15) is 18.3 Å². The van der Waals surface area contributed by atoms with Gasteiger partial charge in [-0.1, -0.05) is 96.5 Å². The Morgan fingerprint density at radius 3 is 2.12 bits per heavy atom. The standard InChI is InChI=1S/C39H38ClNO6S/c1-28-22-35(24-36(39(43)46-2)38(28)47-27-31-12-7-4-8-13-31)48(44,45)34-18-16-29(17-19-34)20-21-41(25-30-10-5-3-6-11-30)26-37(42)32-14-9-15-33(40)23-32/h3-19,22-24,37,42H,20-21,25-27H2,1-2H3/t37-/m0/s1. The summed E-state index contributed by atoms with van der Waals surface area (Å²) in [6.45, 7) is 3.58. The molecule has 7 nitrogen and oxygen atoms in total. The molecule has 9 heteroatoms. The van der Waals surface area contributed by atoms with Gasteiger partial charge in [-0.15, -0.1) is 0 Å². The van der Waals surface area contributed by atoms with Crippen molar-refractivity contribution in [3.63, 3.8) is 0 Å². The van der Waals surface area contributed by atoms with Crippen LogP contribution in [0, 0.1) is 6.92 Å². The van der Waals surface area contributed by atoms with Crippen molar-refractivity contribution in [2.24, 2.45) is 0 Å². The summed E-state index contributed by atoms with van der Waals surface area (Å²) >= 11 is 6.16. The molecular formula is C39H38ClNO6S. The Kier molecular flexibility index (Phi) is 11.7. The van der Waals surface area contributed by atoms with Gasteiger partial charge in [0, 0.05) is 24.7 Å². The highest BCUT2D eigenvalue weighted by Crippen LogP contribution is 2.32. The summed E-state index contributed by atoms with van der Waals surface area (Å²) in [7, 11) is -2.72. The first-order valence-corrected chi connectivity index (χ1v) is 17.4. The minimum absolute atomic E-state index is 0.0238. The maximum atomic E-state index is 13.8. The lowest BCUT2D eigenvalue weighted by Gasteiger charge is -2.25. The van der Waals surface area contributed by atoms with Crippen molar-refractivity contribution in [2.45, 2.75) is 42.4 Å². The normalized spacial score (nSPS) is 12.1. The summed E-state index contributed by atoms with van der Waals surface area (Å²) in [4.78, 5) is 15.0. The molecular weight excluding hydrogens is 646 g/mol. The van der Waals surface area contributed by atoms with Crippen LogP contribution in [0.15, 0.2) is 131 Å². The largest absolute Gasteiger partial charge is 0.488 e. The highest BCUT2D eigenvalue weighted by atomic mass is 35.5. The van der Waals surface area contributed by atoms with Crippen molar-refractivity contribution in [1.29, 1.82) is 0 Å². The zero-order valence-electron chi connectivity index (χ0n) is 26.9. The summed E-state index contributed by atoms with van der Waals surface area (Å²) in [6.07, 6.45) is -0.0949. The van der Waals surface area contributed by atoms with Gasteiger partial charge in [0.05, 0.1) is 23.0 Å². The number of sulfone groups is 1. The first-order chi connectivity index (χ1) is 23.1. The molecule has 1 atom stereocenters. The first-order valence-electron chi connectivity index (χ1n) is 15.6. The predicted molar refractivity (Wildman–Crippen MR) is 187 cm³/mol.